The van der Waals surface area contributed by atoms with Crippen molar-refractivity contribution >= 4 is 41.0 Å². The fourth-order valence-electron chi connectivity index (χ4n) is 1.41. The van der Waals surface area contributed by atoms with E-state index >= 15 is 0 Å². The SMILES string of the molecule is N#CS/C(C(=O)Nc1ccccc1)=C1\NC(=O)CS1. The summed E-state index contributed by atoms with van der Waals surface area (Å²) in [5.41, 5.74) is 0.637. The highest BCUT2D eigenvalue weighted by molar-refractivity contribution is 8.10. The van der Waals surface area contributed by atoms with E-state index in [9.17, 15) is 9.59 Å². The Bertz CT molecular complexity index is 578. The quantitative estimate of drug-likeness (QED) is 0.656. The van der Waals surface area contributed by atoms with E-state index in [1.54, 1.807) is 24.3 Å². The molecule has 5 nitrogen and oxygen atoms in total. The van der Waals surface area contributed by atoms with Crippen LogP contribution in [0.25, 0.3) is 0 Å². The molecule has 0 unspecified atom stereocenters. The number of carbonyl (C=O) groups is 2. The molecule has 1 fully saturated rings. The zero-order valence-electron chi connectivity index (χ0n) is 9.67. The number of nitriles is 1. The van der Waals surface area contributed by atoms with Crippen molar-refractivity contribution in [3.05, 3.63) is 40.3 Å². The molecule has 1 aromatic carbocycles. The fraction of sp³-hybridized carbons (Fsp3) is 0.0833. The van der Waals surface area contributed by atoms with Crippen LogP contribution in [0, 0.1) is 10.7 Å². The molecule has 1 saturated heterocycles. The summed E-state index contributed by atoms with van der Waals surface area (Å²) in [7, 11) is 0. The lowest BCUT2D eigenvalue weighted by Gasteiger charge is -2.07. The highest BCUT2D eigenvalue weighted by Gasteiger charge is 2.24. The molecule has 19 heavy (non-hydrogen) atoms. The summed E-state index contributed by atoms with van der Waals surface area (Å²) in [6.45, 7) is 0. The molecule has 1 aliphatic heterocycles. The van der Waals surface area contributed by atoms with Crippen molar-refractivity contribution in [1.29, 1.82) is 5.26 Å². The number of thiocyanates is 1. The van der Waals surface area contributed by atoms with Gasteiger partial charge in [-0.3, -0.25) is 9.59 Å². The van der Waals surface area contributed by atoms with Gasteiger partial charge in [-0.15, -0.1) is 0 Å². The number of benzene rings is 1. The third-order valence-electron chi connectivity index (χ3n) is 2.19. The molecule has 2 amide bonds. The van der Waals surface area contributed by atoms with Gasteiger partial charge in [0.05, 0.1) is 10.8 Å². The van der Waals surface area contributed by atoms with Crippen LogP contribution in [0.15, 0.2) is 40.3 Å². The maximum atomic E-state index is 12.1. The largest absolute Gasteiger partial charge is 0.321 e. The number of amides is 2. The smallest absolute Gasteiger partial charge is 0.265 e. The third kappa shape index (κ3) is 3.53. The fourth-order valence-corrected chi connectivity index (χ4v) is 2.85. The first-order chi connectivity index (χ1) is 9.20. The van der Waals surface area contributed by atoms with Gasteiger partial charge in [0.1, 0.15) is 10.3 Å². The average Bonchev–Trinajstić information content (AvgIpc) is 2.83. The van der Waals surface area contributed by atoms with Gasteiger partial charge in [-0.1, -0.05) is 30.0 Å². The number of para-hydroxylation sites is 1. The third-order valence-corrected chi connectivity index (χ3v) is 4.01. The normalized spacial score (nSPS) is 16.5. The maximum Gasteiger partial charge on any atom is 0.265 e. The van der Waals surface area contributed by atoms with Gasteiger partial charge in [-0.2, -0.15) is 5.26 Å². The number of anilines is 1. The van der Waals surface area contributed by atoms with Gasteiger partial charge in [0.15, 0.2) is 0 Å². The summed E-state index contributed by atoms with van der Waals surface area (Å²) in [5, 5.41) is 16.3. The molecule has 1 aromatic rings. The van der Waals surface area contributed by atoms with E-state index < -0.39 is 5.91 Å². The number of nitrogens with zero attached hydrogens (tertiary/aromatic N) is 1. The van der Waals surface area contributed by atoms with Crippen molar-refractivity contribution in [3.63, 3.8) is 0 Å². The van der Waals surface area contributed by atoms with Crippen LogP contribution in [0.4, 0.5) is 5.69 Å². The van der Waals surface area contributed by atoms with Gasteiger partial charge in [0.25, 0.3) is 5.91 Å². The summed E-state index contributed by atoms with van der Waals surface area (Å²) in [6.07, 6.45) is 0. The van der Waals surface area contributed by atoms with Crippen LogP contribution in [-0.4, -0.2) is 17.6 Å². The van der Waals surface area contributed by atoms with E-state index in [1.807, 2.05) is 11.5 Å². The topological polar surface area (TPSA) is 82.0 Å². The molecule has 7 heteroatoms. The molecule has 1 heterocycles. The Morgan fingerprint density at radius 2 is 2.16 bits per heavy atom. The average molecular weight is 291 g/mol. The summed E-state index contributed by atoms with van der Waals surface area (Å²) >= 11 is 1.96. The first kappa shape index (κ1) is 13.5. The molecule has 1 aliphatic rings. The Kier molecular flexibility index (Phi) is 4.49. The van der Waals surface area contributed by atoms with Gasteiger partial charge >= 0.3 is 0 Å². The lowest BCUT2D eigenvalue weighted by atomic mass is 10.3. The van der Waals surface area contributed by atoms with Gasteiger partial charge in [-0.25, -0.2) is 0 Å². The van der Waals surface area contributed by atoms with E-state index in [1.165, 1.54) is 11.8 Å². The predicted molar refractivity (Wildman–Crippen MR) is 75.9 cm³/mol. The summed E-state index contributed by atoms with van der Waals surface area (Å²) in [6, 6.07) is 8.93. The molecule has 0 radical (unpaired) electrons. The molecular formula is C12H9N3O2S2. The Balaban J connectivity index is 2.18. The molecule has 96 valence electrons. The molecule has 0 aliphatic carbocycles. The van der Waals surface area contributed by atoms with E-state index in [-0.39, 0.29) is 16.6 Å². The minimum absolute atomic E-state index is 0.163. The number of carbonyl (C=O) groups excluding carboxylic acids is 2. The molecule has 0 atom stereocenters. The first-order valence-electron chi connectivity index (χ1n) is 5.30. The van der Waals surface area contributed by atoms with Crippen molar-refractivity contribution in [3.8, 4) is 5.40 Å². The Morgan fingerprint density at radius 3 is 2.74 bits per heavy atom. The number of nitrogens with one attached hydrogen (secondary N) is 2. The van der Waals surface area contributed by atoms with E-state index in [2.05, 4.69) is 10.6 Å². The van der Waals surface area contributed by atoms with Gasteiger partial charge in [0, 0.05) is 5.69 Å². The molecule has 0 aromatic heterocycles. The second-order valence-corrected chi connectivity index (χ2v) is 5.29. The Labute approximate surface area is 118 Å². The van der Waals surface area contributed by atoms with Crippen LogP contribution < -0.4 is 10.6 Å². The lowest BCUT2D eigenvalue weighted by Crippen LogP contribution is -2.19. The summed E-state index contributed by atoms with van der Waals surface area (Å²) in [4.78, 5) is 23.5. The summed E-state index contributed by atoms with van der Waals surface area (Å²) < 4.78 is 0. The van der Waals surface area contributed by atoms with Crippen LogP contribution in [0.5, 0.6) is 0 Å². The predicted octanol–water partition coefficient (Wildman–Crippen LogP) is 1.87. The second-order valence-electron chi connectivity index (χ2n) is 3.51. The van der Waals surface area contributed by atoms with Crippen molar-refractivity contribution in [2.75, 3.05) is 11.1 Å². The number of hydrogen-bond donors (Lipinski definition) is 2. The molecule has 0 bridgehead atoms. The van der Waals surface area contributed by atoms with Crippen molar-refractivity contribution in [2.45, 2.75) is 0 Å². The minimum atomic E-state index is -0.401. The zero-order chi connectivity index (χ0) is 13.7. The molecule has 2 rings (SSSR count). The molecule has 0 saturated carbocycles. The van der Waals surface area contributed by atoms with Crippen molar-refractivity contribution < 1.29 is 9.59 Å². The van der Waals surface area contributed by atoms with Gasteiger partial charge in [-0.05, 0) is 23.9 Å². The van der Waals surface area contributed by atoms with Crippen molar-refractivity contribution in [1.82, 2.24) is 5.32 Å². The number of hydrogen-bond acceptors (Lipinski definition) is 5. The van der Waals surface area contributed by atoms with Crippen LogP contribution in [-0.2, 0) is 9.59 Å². The van der Waals surface area contributed by atoms with Gasteiger partial charge < -0.3 is 10.6 Å². The van der Waals surface area contributed by atoms with Crippen LogP contribution in [0.3, 0.4) is 0 Å². The van der Waals surface area contributed by atoms with Crippen molar-refractivity contribution in [2.24, 2.45) is 0 Å². The monoisotopic (exact) mass is 291 g/mol. The first-order valence-corrected chi connectivity index (χ1v) is 7.10. The van der Waals surface area contributed by atoms with Crippen LogP contribution in [0.2, 0.25) is 0 Å². The number of thioether (sulfide) groups is 2. The molecule has 2 N–H and O–H groups in total. The Morgan fingerprint density at radius 1 is 1.42 bits per heavy atom. The highest BCUT2D eigenvalue weighted by Crippen LogP contribution is 2.29. The maximum absolute atomic E-state index is 12.1. The lowest BCUT2D eigenvalue weighted by molar-refractivity contribution is -0.117. The highest BCUT2D eigenvalue weighted by atomic mass is 32.2. The number of rotatable bonds is 3. The second kappa shape index (κ2) is 6.31. The van der Waals surface area contributed by atoms with E-state index in [0.717, 1.165) is 11.8 Å². The van der Waals surface area contributed by atoms with E-state index in [4.69, 9.17) is 5.26 Å². The van der Waals surface area contributed by atoms with Gasteiger partial charge in [0.2, 0.25) is 5.91 Å². The summed E-state index contributed by atoms with van der Waals surface area (Å²) in [5.74, 6) is -0.297. The minimum Gasteiger partial charge on any atom is -0.321 e. The van der Waals surface area contributed by atoms with E-state index in [0.29, 0.717) is 10.7 Å². The zero-order valence-corrected chi connectivity index (χ0v) is 11.3. The van der Waals surface area contributed by atoms with Crippen LogP contribution >= 0.6 is 23.5 Å². The molecular weight excluding hydrogens is 282 g/mol. The Hall–Kier alpha value is -1.91. The standard InChI is InChI=1S/C12H9N3O2S2/c13-7-19-10(12-15-9(16)6-18-12)11(17)14-8-4-2-1-3-5-8/h1-5H,6H2,(H,14,17)(H,15,16)/b12-10+. The molecule has 0 spiro atoms. The van der Waals surface area contributed by atoms with Crippen LogP contribution in [0.1, 0.15) is 0 Å².